The highest BCUT2D eigenvalue weighted by molar-refractivity contribution is 5.77. The fraction of sp³-hybridized carbons (Fsp3) is 0.933. The minimum absolute atomic E-state index is 0.121. The van der Waals surface area contributed by atoms with Crippen molar-refractivity contribution in [1.82, 2.24) is 5.32 Å². The van der Waals surface area contributed by atoms with E-state index in [-0.39, 0.29) is 16.9 Å². The van der Waals surface area contributed by atoms with Crippen molar-refractivity contribution in [2.24, 2.45) is 17.1 Å². The molecule has 3 N–H and O–H groups in total. The second-order valence-electron chi connectivity index (χ2n) is 7.17. The molecular weight excluding hydrogens is 224 g/mol. The summed E-state index contributed by atoms with van der Waals surface area (Å²) in [6.07, 6.45) is 6.08. The van der Waals surface area contributed by atoms with Crippen LogP contribution in [0.3, 0.4) is 0 Å². The molecule has 0 aromatic carbocycles. The standard InChI is InChI=1S/C15H30N2O/c1-12(14(2,3)4)11-17-13(18)10-15(16)8-6-5-7-9-15/h12H,5-11,16H2,1-4H3,(H,17,18). The topological polar surface area (TPSA) is 55.1 Å². The zero-order valence-corrected chi connectivity index (χ0v) is 12.5. The number of nitrogens with two attached hydrogens (primary N) is 1. The second-order valence-corrected chi connectivity index (χ2v) is 7.17. The van der Waals surface area contributed by atoms with E-state index in [1.54, 1.807) is 0 Å². The van der Waals surface area contributed by atoms with Crippen LogP contribution in [0.1, 0.15) is 66.2 Å². The van der Waals surface area contributed by atoms with Crippen molar-refractivity contribution in [3.05, 3.63) is 0 Å². The summed E-state index contributed by atoms with van der Waals surface area (Å²) in [5, 5.41) is 3.04. The third-order valence-corrected chi connectivity index (χ3v) is 4.45. The highest BCUT2D eigenvalue weighted by Crippen LogP contribution is 2.29. The van der Waals surface area contributed by atoms with E-state index in [1.807, 2.05) is 0 Å². The first-order chi connectivity index (χ1) is 8.23. The van der Waals surface area contributed by atoms with E-state index in [2.05, 4.69) is 33.0 Å². The van der Waals surface area contributed by atoms with Gasteiger partial charge in [-0.15, -0.1) is 0 Å². The van der Waals surface area contributed by atoms with E-state index in [4.69, 9.17) is 5.73 Å². The van der Waals surface area contributed by atoms with E-state index in [9.17, 15) is 4.79 Å². The second kappa shape index (κ2) is 6.05. The Morgan fingerprint density at radius 2 is 1.83 bits per heavy atom. The lowest BCUT2D eigenvalue weighted by atomic mass is 9.79. The van der Waals surface area contributed by atoms with Gasteiger partial charge in [0, 0.05) is 18.5 Å². The molecule has 1 rings (SSSR count). The van der Waals surface area contributed by atoms with E-state index >= 15 is 0 Å². The molecule has 3 heteroatoms. The Hall–Kier alpha value is -0.570. The number of rotatable bonds is 4. The molecule has 0 bridgehead atoms. The monoisotopic (exact) mass is 254 g/mol. The van der Waals surface area contributed by atoms with Crippen molar-refractivity contribution in [2.45, 2.75) is 71.8 Å². The molecule has 3 nitrogen and oxygen atoms in total. The lowest BCUT2D eigenvalue weighted by molar-refractivity contribution is -0.122. The van der Waals surface area contributed by atoms with Crippen molar-refractivity contribution in [3.8, 4) is 0 Å². The summed E-state index contributed by atoms with van der Waals surface area (Å²) in [6, 6.07) is 0. The van der Waals surface area contributed by atoms with Gasteiger partial charge in [-0.2, -0.15) is 0 Å². The zero-order valence-electron chi connectivity index (χ0n) is 12.5. The molecule has 0 aliphatic heterocycles. The van der Waals surface area contributed by atoms with Gasteiger partial charge in [0.2, 0.25) is 5.91 Å². The summed E-state index contributed by atoms with van der Waals surface area (Å²) in [5.41, 5.74) is 6.28. The highest BCUT2D eigenvalue weighted by Gasteiger charge is 2.30. The molecule has 1 atom stereocenters. The number of nitrogens with one attached hydrogen (secondary N) is 1. The van der Waals surface area contributed by atoms with Crippen LogP contribution in [0.25, 0.3) is 0 Å². The Balaban J connectivity index is 2.33. The Labute approximate surface area is 112 Å². The van der Waals surface area contributed by atoms with Crippen LogP contribution in [0.2, 0.25) is 0 Å². The maximum Gasteiger partial charge on any atom is 0.221 e. The third-order valence-electron chi connectivity index (χ3n) is 4.45. The Bertz CT molecular complexity index is 275. The number of hydrogen-bond acceptors (Lipinski definition) is 2. The van der Waals surface area contributed by atoms with Crippen LogP contribution in [-0.4, -0.2) is 18.0 Å². The van der Waals surface area contributed by atoms with Crippen molar-refractivity contribution in [1.29, 1.82) is 0 Å². The molecule has 106 valence electrons. The zero-order chi connectivity index (χ0) is 13.8. The summed E-state index contributed by atoms with van der Waals surface area (Å²) in [6.45, 7) is 9.54. The van der Waals surface area contributed by atoms with E-state index < -0.39 is 0 Å². The molecule has 1 unspecified atom stereocenters. The van der Waals surface area contributed by atoms with Gasteiger partial charge in [-0.1, -0.05) is 47.0 Å². The number of carbonyl (C=O) groups is 1. The molecule has 1 amide bonds. The van der Waals surface area contributed by atoms with Gasteiger partial charge in [0.1, 0.15) is 0 Å². The average Bonchev–Trinajstić information content (AvgIpc) is 2.24. The molecule has 0 heterocycles. The lowest BCUT2D eigenvalue weighted by Gasteiger charge is -2.33. The minimum Gasteiger partial charge on any atom is -0.356 e. The number of hydrogen-bond donors (Lipinski definition) is 2. The van der Waals surface area contributed by atoms with Crippen LogP contribution in [-0.2, 0) is 4.79 Å². The van der Waals surface area contributed by atoms with Crippen LogP contribution in [0.5, 0.6) is 0 Å². The lowest BCUT2D eigenvalue weighted by Crippen LogP contribution is -2.46. The first-order valence-electron chi connectivity index (χ1n) is 7.28. The van der Waals surface area contributed by atoms with Crippen molar-refractivity contribution in [2.75, 3.05) is 6.54 Å². The average molecular weight is 254 g/mol. The molecule has 1 aliphatic carbocycles. The van der Waals surface area contributed by atoms with Gasteiger partial charge in [-0.3, -0.25) is 4.79 Å². The van der Waals surface area contributed by atoms with Crippen LogP contribution in [0.15, 0.2) is 0 Å². The summed E-state index contributed by atoms with van der Waals surface area (Å²) in [7, 11) is 0. The number of carbonyl (C=O) groups excluding carboxylic acids is 1. The molecule has 18 heavy (non-hydrogen) atoms. The minimum atomic E-state index is -0.243. The predicted octanol–water partition coefficient (Wildman–Crippen LogP) is 2.84. The molecule has 0 aromatic rings. The maximum atomic E-state index is 12.0. The third kappa shape index (κ3) is 4.97. The molecule has 1 fully saturated rings. The largest absolute Gasteiger partial charge is 0.356 e. The maximum absolute atomic E-state index is 12.0. The van der Waals surface area contributed by atoms with Gasteiger partial charge in [-0.25, -0.2) is 0 Å². The molecule has 0 radical (unpaired) electrons. The molecule has 1 aliphatic rings. The Kier molecular flexibility index (Phi) is 5.20. The van der Waals surface area contributed by atoms with Gasteiger partial charge < -0.3 is 11.1 Å². The van der Waals surface area contributed by atoms with E-state index in [0.29, 0.717) is 12.3 Å². The first kappa shape index (κ1) is 15.5. The van der Waals surface area contributed by atoms with Gasteiger partial charge >= 0.3 is 0 Å². The van der Waals surface area contributed by atoms with Crippen molar-refractivity contribution < 1.29 is 4.79 Å². The van der Waals surface area contributed by atoms with Gasteiger partial charge in [0.25, 0.3) is 0 Å². The smallest absolute Gasteiger partial charge is 0.221 e. The SMILES string of the molecule is CC(CNC(=O)CC1(N)CCCCC1)C(C)(C)C. The quantitative estimate of drug-likeness (QED) is 0.810. The van der Waals surface area contributed by atoms with Gasteiger partial charge in [0.15, 0.2) is 0 Å². The van der Waals surface area contributed by atoms with Crippen LogP contribution < -0.4 is 11.1 Å². The van der Waals surface area contributed by atoms with Crippen molar-refractivity contribution >= 4 is 5.91 Å². The molecule has 1 saturated carbocycles. The first-order valence-corrected chi connectivity index (χ1v) is 7.28. The van der Waals surface area contributed by atoms with Crippen LogP contribution in [0.4, 0.5) is 0 Å². The van der Waals surface area contributed by atoms with Crippen molar-refractivity contribution in [3.63, 3.8) is 0 Å². The van der Waals surface area contributed by atoms with Gasteiger partial charge in [-0.05, 0) is 24.2 Å². The summed E-state index contributed by atoms with van der Waals surface area (Å²) in [4.78, 5) is 12.0. The molecule has 0 spiro atoms. The fourth-order valence-electron chi connectivity index (χ4n) is 2.39. The molecular formula is C15H30N2O. The van der Waals surface area contributed by atoms with Gasteiger partial charge in [0.05, 0.1) is 0 Å². The highest BCUT2D eigenvalue weighted by atomic mass is 16.1. The molecule has 0 saturated heterocycles. The number of amides is 1. The van der Waals surface area contributed by atoms with E-state index in [0.717, 1.165) is 19.4 Å². The van der Waals surface area contributed by atoms with Crippen LogP contribution in [0, 0.1) is 11.3 Å². The summed E-state index contributed by atoms with van der Waals surface area (Å²) in [5.74, 6) is 0.594. The normalized spacial score (nSPS) is 21.4. The Morgan fingerprint density at radius 3 is 2.33 bits per heavy atom. The summed E-state index contributed by atoms with van der Waals surface area (Å²) < 4.78 is 0. The fourth-order valence-corrected chi connectivity index (χ4v) is 2.39. The predicted molar refractivity (Wildman–Crippen MR) is 76.2 cm³/mol. The van der Waals surface area contributed by atoms with E-state index in [1.165, 1.54) is 19.3 Å². The summed E-state index contributed by atoms with van der Waals surface area (Å²) >= 11 is 0. The Morgan fingerprint density at radius 1 is 1.28 bits per heavy atom. The van der Waals surface area contributed by atoms with Crippen LogP contribution >= 0.6 is 0 Å². The molecule has 0 aromatic heterocycles.